The van der Waals surface area contributed by atoms with Gasteiger partial charge in [-0.25, -0.2) is 4.98 Å². The number of rotatable bonds is 6. The molecule has 1 aliphatic rings. The summed E-state index contributed by atoms with van der Waals surface area (Å²) in [5, 5.41) is 13.8. The molecule has 0 aliphatic carbocycles. The van der Waals surface area contributed by atoms with Gasteiger partial charge in [-0.3, -0.25) is 10.2 Å². The first kappa shape index (κ1) is 20.5. The number of nitrogens with one attached hydrogen (secondary N) is 2. The zero-order valence-corrected chi connectivity index (χ0v) is 18.2. The van der Waals surface area contributed by atoms with E-state index in [0.717, 1.165) is 57.8 Å². The number of aromatic nitrogens is 1. The van der Waals surface area contributed by atoms with E-state index in [1.807, 2.05) is 47.5 Å². The van der Waals surface area contributed by atoms with Gasteiger partial charge in [-0.05, 0) is 25.1 Å². The van der Waals surface area contributed by atoms with Crippen molar-refractivity contribution in [2.24, 2.45) is 5.73 Å². The van der Waals surface area contributed by atoms with Crippen LogP contribution in [-0.2, 0) is 4.79 Å². The highest BCUT2D eigenvalue weighted by atomic mass is 32.1. The molecule has 1 saturated heterocycles. The van der Waals surface area contributed by atoms with Gasteiger partial charge in [-0.15, -0.1) is 22.7 Å². The molecule has 1 aliphatic heterocycles. The highest BCUT2D eigenvalue weighted by molar-refractivity contribution is 7.16. The van der Waals surface area contributed by atoms with Crippen LogP contribution in [-0.4, -0.2) is 54.4 Å². The zero-order chi connectivity index (χ0) is 21.1. The summed E-state index contributed by atoms with van der Waals surface area (Å²) in [4.78, 5) is 20.7. The van der Waals surface area contributed by atoms with E-state index in [-0.39, 0.29) is 18.3 Å². The van der Waals surface area contributed by atoms with Gasteiger partial charge < -0.3 is 20.7 Å². The first-order valence-electron chi connectivity index (χ1n) is 9.64. The van der Waals surface area contributed by atoms with Crippen molar-refractivity contribution in [3.05, 3.63) is 45.5 Å². The van der Waals surface area contributed by atoms with Gasteiger partial charge in [0, 0.05) is 47.6 Å². The number of thiophene rings is 1. The molecule has 0 saturated carbocycles. The van der Waals surface area contributed by atoms with E-state index in [9.17, 15) is 4.79 Å². The number of amides is 1. The first-order valence-corrected chi connectivity index (χ1v) is 11.3. The minimum Gasteiger partial charge on any atom is -0.484 e. The van der Waals surface area contributed by atoms with Crippen LogP contribution in [0, 0.1) is 12.3 Å². The van der Waals surface area contributed by atoms with E-state index in [1.54, 1.807) is 11.3 Å². The first-order chi connectivity index (χ1) is 14.5. The fraction of sp³-hybridized carbons (Fsp3) is 0.286. The summed E-state index contributed by atoms with van der Waals surface area (Å²) < 4.78 is 5.75. The summed E-state index contributed by atoms with van der Waals surface area (Å²) in [7, 11) is 0. The Bertz CT molecular complexity index is 1070. The Labute approximate surface area is 183 Å². The molecule has 1 aromatic carbocycles. The van der Waals surface area contributed by atoms with Crippen molar-refractivity contribution in [2.75, 3.05) is 32.8 Å². The van der Waals surface area contributed by atoms with Crippen LogP contribution in [0.5, 0.6) is 5.75 Å². The Kier molecular flexibility index (Phi) is 6.12. The molecule has 4 N–H and O–H groups in total. The smallest absolute Gasteiger partial charge is 0.260 e. The van der Waals surface area contributed by atoms with Crippen LogP contribution in [0.1, 0.15) is 9.75 Å². The van der Waals surface area contributed by atoms with Crippen LogP contribution in [0.15, 0.2) is 35.7 Å². The summed E-state index contributed by atoms with van der Waals surface area (Å²) in [5.74, 6) is 0.731. The predicted molar refractivity (Wildman–Crippen MR) is 122 cm³/mol. The average Bonchev–Trinajstić information content (AvgIpc) is 3.40. The lowest BCUT2D eigenvalue weighted by atomic mass is 10.1. The molecule has 3 heterocycles. The van der Waals surface area contributed by atoms with Crippen molar-refractivity contribution in [1.29, 1.82) is 5.41 Å². The number of piperazine rings is 1. The lowest BCUT2D eigenvalue weighted by Crippen LogP contribution is -2.47. The van der Waals surface area contributed by atoms with E-state index in [2.05, 4.69) is 5.32 Å². The minimum absolute atomic E-state index is 0.00653. The van der Waals surface area contributed by atoms with Crippen molar-refractivity contribution >= 4 is 34.4 Å². The maximum absolute atomic E-state index is 12.3. The number of carbonyl (C=O) groups is 1. The van der Waals surface area contributed by atoms with Gasteiger partial charge >= 0.3 is 0 Å². The highest BCUT2D eigenvalue weighted by Gasteiger charge is 2.17. The van der Waals surface area contributed by atoms with E-state index >= 15 is 0 Å². The number of aryl methyl sites for hydroxylation is 1. The Hall–Kier alpha value is -2.75. The van der Waals surface area contributed by atoms with Crippen molar-refractivity contribution in [1.82, 2.24) is 15.2 Å². The molecule has 7 nitrogen and oxygen atoms in total. The molecule has 156 valence electrons. The minimum atomic E-state index is 0.00653. The molecule has 3 aromatic rings. The van der Waals surface area contributed by atoms with E-state index < -0.39 is 0 Å². The molecule has 9 heteroatoms. The number of nitrogens with two attached hydrogens (primary N) is 1. The molecule has 1 amide bonds. The number of thiazole rings is 1. The molecule has 1 fully saturated rings. The van der Waals surface area contributed by atoms with Crippen LogP contribution >= 0.6 is 22.7 Å². The Morgan fingerprint density at radius 3 is 2.87 bits per heavy atom. The lowest BCUT2D eigenvalue weighted by Gasteiger charge is -2.27. The van der Waals surface area contributed by atoms with E-state index in [0.29, 0.717) is 5.75 Å². The summed E-state index contributed by atoms with van der Waals surface area (Å²) in [5.41, 5.74) is 8.41. The number of amidine groups is 1. The summed E-state index contributed by atoms with van der Waals surface area (Å²) in [6, 6.07) is 9.56. The van der Waals surface area contributed by atoms with Crippen LogP contribution in [0.25, 0.3) is 21.8 Å². The molecule has 30 heavy (non-hydrogen) atoms. The molecule has 0 bridgehead atoms. The summed E-state index contributed by atoms with van der Waals surface area (Å²) >= 11 is 3.06. The molecule has 4 rings (SSSR count). The molecule has 2 aromatic heterocycles. The topological polar surface area (TPSA) is 104 Å². The quantitative estimate of drug-likeness (QED) is 0.403. The third-order valence-electron chi connectivity index (χ3n) is 4.88. The van der Waals surface area contributed by atoms with Gasteiger partial charge in [0.25, 0.3) is 5.91 Å². The number of hydrogen-bond donors (Lipinski definition) is 3. The molecule has 0 spiro atoms. The molecule has 0 atom stereocenters. The van der Waals surface area contributed by atoms with Crippen molar-refractivity contribution in [2.45, 2.75) is 6.92 Å². The van der Waals surface area contributed by atoms with Crippen molar-refractivity contribution < 1.29 is 9.53 Å². The van der Waals surface area contributed by atoms with Crippen LogP contribution in [0.2, 0.25) is 0 Å². The third-order valence-corrected chi connectivity index (χ3v) is 6.84. The van der Waals surface area contributed by atoms with Crippen molar-refractivity contribution in [3.8, 4) is 27.6 Å². The molecule has 0 radical (unpaired) electrons. The van der Waals surface area contributed by atoms with Crippen LogP contribution in [0.3, 0.4) is 0 Å². The van der Waals surface area contributed by atoms with Gasteiger partial charge in [-0.2, -0.15) is 0 Å². The Morgan fingerprint density at radius 1 is 1.33 bits per heavy atom. The maximum atomic E-state index is 12.3. The van der Waals surface area contributed by atoms with Gasteiger partial charge in [0.1, 0.15) is 16.6 Å². The van der Waals surface area contributed by atoms with Gasteiger partial charge in [-0.1, -0.05) is 12.1 Å². The van der Waals surface area contributed by atoms with E-state index in [4.69, 9.17) is 20.9 Å². The number of hydrogen-bond acceptors (Lipinski definition) is 7. The normalized spacial score (nSPS) is 14.0. The second-order valence-corrected chi connectivity index (χ2v) is 9.09. The summed E-state index contributed by atoms with van der Waals surface area (Å²) in [6.07, 6.45) is 0. The van der Waals surface area contributed by atoms with Gasteiger partial charge in [0.05, 0.1) is 10.6 Å². The largest absolute Gasteiger partial charge is 0.484 e. The standard InChI is InChI=1S/C21H23N5O2S2/c1-13-16(10-18(30-13)20(22)23)21-25-17(12-29-21)14-3-2-4-15(9-14)28-11-19(27)26-7-5-24-6-8-26/h2-4,9-10,12,24H,5-8,11H2,1H3,(H3,22,23). The molecule has 0 unspecified atom stereocenters. The van der Waals surface area contributed by atoms with Crippen LogP contribution in [0.4, 0.5) is 0 Å². The maximum Gasteiger partial charge on any atom is 0.260 e. The fourth-order valence-electron chi connectivity index (χ4n) is 3.25. The Morgan fingerprint density at radius 2 is 2.13 bits per heavy atom. The Balaban J connectivity index is 1.46. The van der Waals surface area contributed by atoms with Crippen molar-refractivity contribution in [3.63, 3.8) is 0 Å². The number of nitrogen functional groups attached to an aromatic ring is 1. The van der Waals surface area contributed by atoms with Crippen LogP contribution < -0.4 is 15.8 Å². The number of nitrogens with zero attached hydrogens (tertiary/aromatic N) is 2. The second kappa shape index (κ2) is 8.95. The van der Waals surface area contributed by atoms with Gasteiger partial charge in [0.2, 0.25) is 0 Å². The van der Waals surface area contributed by atoms with Gasteiger partial charge in [0.15, 0.2) is 6.61 Å². The third kappa shape index (κ3) is 4.53. The predicted octanol–water partition coefficient (Wildman–Crippen LogP) is 2.94. The van der Waals surface area contributed by atoms with E-state index in [1.165, 1.54) is 11.3 Å². The summed E-state index contributed by atoms with van der Waals surface area (Å²) in [6.45, 7) is 5.13. The number of benzene rings is 1. The monoisotopic (exact) mass is 441 g/mol. The second-order valence-electron chi connectivity index (χ2n) is 6.98. The molecular weight excluding hydrogens is 418 g/mol. The lowest BCUT2D eigenvalue weighted by molar-refractivity contribution is -0.133. The average molecular weight is 442 g/mol. The zero-order valence-electron chi connectivity index (χ0n) is 16.6. The fourth-order valence-corrected chi connectivity index (χ4v) is 5.10. The highest BCUT2D eigenvalue weighted by Crippen LogP contribution is 2.35. The molecular formula is C21H23N5O2S2. The number of ether oxygens (including phenoxy) is 1. The number of carbonyl (C=O) groups excluding carboxylic acids is 1. The SMILES string of the molecule is Cc1sc(C(=N)N)cc1-c1nc(-c2cccc(OCC(=O)N3CCNCC3)c2)cs1.